The highest BCUT2D eigenvalue weighted by Gasteiger charge is 2.36. The molecule has 30 nitrogen and oxygen atoms in total. The number of nitrogens with zero attached hydrogens (tertiary/aromatic N) is 18. The Hall–Kier alpha value is -18.2. The van der Waals surface area contributed by atoms with E-state index in [1.807, 2.05) is 251 Å². The standard InChI is InChI=1S/C38H32N6O4S.C37H31N7O3S.C37H30N6O4S/c1-42-26-40-36(41-42)30-18-12-17-29(21-30)34-22-32-33(38(45)48-2)23-39-37(35(32)44(34)49(46,47)31-19-10-5-11-20-31)43(24-27-13-6-3-7-14-27)25-28-15-8-4-9-16-28;1-42-25-40-36(41-42)29-17-11-16-28(20-29)33-21-31-32(35(38)45)22-39-37(34(31)44(33)48(46,47)30-18-9-4-10-19-30)43(23-26-12-5-2-6-13-26)24-27-14-7-3-8-15-27;1-41-25-39-35(40-41)29-17-11-16-28(20-29)33-21-31-32(37(44)45)22-38-36(34(31)43(33)48(46,47)30-18-9-4-10-19-30)42(23-26-12-5-2-6-13-26)24-27-14-7-3-8-15-27/h3-23,26H,24-25H2,1-2H3;2-22,25H,23-24H2,1H3,(H2,38,45);2-22,25H,23-24H2,1H3,(H,44,45). The van der Waals surface area contributed by atoms with Crippen molar-refractivity contribution in [3.05, 3.63) is 452 Å². The van der Waals surface area contributed by atoms with Gasteiger partial charge in [0.25, 0.3) is 36.0 Å². The number of hydrogen-bond acceptors (Lipinski definition) is 22. The average molecular weight is 1980 g/mol. The van der Waals surface area contributed by atoms with Crippen LogP contribution < -0.4 is 20.4 Å². The lowest BCUT2D eigenvalue weighted by atomic mass is 10.1. The smallest absolute Gasteiger partial charge is 0.340 e. The molecule has 0 aliphatic rings. The van der Waals surface area contributed by atoms with E-state index in [0.717, 1.165) is 33.4 Å². The first-order chi connectivity index (χ1) is 70.4. The van der Waals surface area contributed by atoms with Crippen molar-refractivity contribution in [3.63, 3.8) is 0 Å². The number of methoxy groups -OCH3 is 1. The maximum atomic E-state index is 14.9. The largest absolute Gasteiger partial charge is 0.478 e. The van der Waals surface area contributed by atoms with E-state index in [2.05, 4.69) is 30.2 Å². The van der Waals surface area contributed by atoms with E-state index in [4.69, 9.17) is 25.4 Å². The topological polar surface area (TPSA) is 364 Å². The Balaban J connectivity index is 0.000000137. The van der Waals surface area contributed by atoms with Crippen LogP contribution in [0.2, 0.25) is 0 Å². The molecule has 0 atom stereocenters. The molecule has 0 bridgehead atoms. The number of pyridine rings is 3. The lowest BCUT2D eigenvalue weighted by Crippen LogP contribution is -2.25. The summed E-state index contributed by atoms with van der Waals surface area (Å²) in [6, 6.07) is 111. The van der Waals surface area contributed by atoms with E-state index in [1.54, 1.807) is 169 Å². The fourth-order valence-corrected chi connectivity index (χ4v) is 22.2. The number of fused-ring (bicyclic) bond motifs is 3. The monoisotopic (exact) mass is 1980 g/mol. The number of anilines is 3. The van der Waals surface area contributed by atoms with Crippen LogP contribution in [-0.4, -0.2) is 126 Å². The molecule has 9 aromatic heterocycles. The lowest BCUT2D eigenvalue weighted by molar-refractivity contribution is 0.0601. The Kier molecular flexibility index (Phi) is 27.5. The number of carbonyl (C=O) groups is 3. The van der Waals surface area contributed by atoms with Gasteiger partial charge in [-0.25, -0.2) is 76.7 Å². The Morgan fingerprint density at radius 3 is 0.779 bits per heavy atom. The van der Waals surface area contributed by atoms with Gasteiger partial charge in [0.15, 0.2) is 34.9 Å². The zero-order valence-electron chi connectivity index (χ0n) is 78.7. The molecular weight excluding hydrogens is 1880 g/mol. The van der Waals surface area contributed by atoms with Crippen LogP contribution in [0.15, 0.2) is 416 Å². The van der Waals surface area contributed by atoms with Crippen LogP contribution in [-0.2, 0) is 95.2 Å². The van der Waals surface area contributed by atoms with Crippen molar-refractivity contribution in [1.82, 2.24) is 71.2 Å². The molecule has 0 fully saturated rings. The van der Waals surface area contributed by atoms with Crippen molar-refractivity contribution in [2.24, 2.45) is 26.9 Å². The van der Waals surface area contributed by atoms with Gasteiger partial charge < -0.3 is 30.3 Å². The van der Waals surface area contributed by atoms with Crippen molar-refractivity contribution >= 4 is 98.1 Å². The number of amides is 1. The molecule has 12 aromatic carbocycles. The van der Waals surface area contributed by atoms with Gasteiger partial charge in [0, 0.05) is 112 Å². The number of benzene rings is 12. The summed E-state index contributed by atoms with van der Waals surface area (Å²) in [6.45, 7) is 2.44. The second kappa shape index (κ2) is 41.7. The van der Waals surface area contributed by atoms with E-state index < -0.39 is 47.9 Å². The SMILES string of the molecule is COC(=O)c1cnc(N(Cc2ccccc2)Cc2ccccc2)c2c1cc(-c1cccc(-c3ncn(C)n3)c1)n2S(=O)(=O)c1ccccc1.Cn1cnc(-c2cccc(-c3cc4c(C(=O)O)cnc(N(Cc5ccccc5)Cc5ccccc5)c4n3S(=O)(=O)c3ccccc3)c2)n1.Cn1cnc(-c2cccc(-c3cc4c(C(N)=O)cnc(N(Cc5ccccc5)Cc5ccccc5)c4n3S(=O)(=O)c3ccccc3)c2)n1. The molecule has 3 N–H and O–H groups in total. The lowest BCUT2D eigenvalue weighted by Gasteiger charge is -2.26. The Labute approximate surface area is 835 Å². The number of aryl methyl sites for hydroxylation is 3. The summed E-state index contributed by atoms with van der Waals surface area (Å²) in [5, 5.41) is 24.6. The summed E-state index contributed by atoms with van der Waals surface area (Å²) >= 11 is 0. The highest BCUT2D eigenvalue weighted by molar-refractivity contribution is 7.91. The highest BCUT2D eigenvalue weighted by Crippen LogP contribution is 2.45. The number of rotatable bonds is 30. The minimum atomic E-state index is -4.30. The molecule has 21 aromatic rings. The second-order valence-electron chi connectivity index (χ2n) is 34.2. The third-order valence-electron chi connectivity index (χ3n) is 24.3. The molecular formula is C112H93N19O11S3. The number of carboxylic acids is 1. The minimum Gasteiger partial charge on any atom is -0.478 e. The number of hydrogen-bond donors (Lipinski definition) is 2. The highest BCUT2D eigenvalue weighted by atomic mass is 32.2. The van der Waals surface area contributed by atoms with Crippen LogP contribution >= 0.6 is 0 Å². The summed E-state index contributed by atoms with van der Waals surface area (Å²) in [5.74, 6) is -0.00610. The van der Waals surface area contributed by atoms with Crippen LogP contribution in [0.5, 0.6) is 0 Å². The molecule has 21 rings (SSSR count). The van der Waals surface area contributed by atoms with Crippen LogP contribution in [0.1, 0.15) is 64.5 Å². The molecule has 0 radical (unpaired) electrons. The number of carboxylic acid groups (broad SMARTS) is 1. The van der Waals surface area contributed by atoms with E-state index >= 15 is 0 Å². The van der Waals surface area contributed by atoms with Crippen LogP contribution in [0.3, 0.4) is 0 Å². The van der Waals surface area contributed by atoms with Gasteiger partial charge >= 0.3 is 11.9 Å². The van der Waals surface area contributed by atoms with E-state index in [0.29, 0.717) is 130 Å². The van der Waals surface area contributed by atoms with E-state index in [1.165, 1.54) is 49.8 Å². The van der Waals surface area contributed by atoms with Gasteiger partial charge in [0.2, 0.25) is 0 Å². The molecule has 145 heavy (non-hydrogen) atoms. The fraction of sp³-hybridized carbons (Fsp3) is 0.0893. The van der Waals surface area contributed by atoms with Gasteiger partial charge in [-0.1, -0.05) is 291 Å². The summed E-state index contributed by atoms with van der Waals surface area (Å²) < 4.78 is 103. The van der Waals surface area contributed by atoms with Gasteiger partial charge in [0.05, 0.1) is 55.6 Å². The van der Waals surface area contributed by atoms with Gasteiger partial charge in [-0.2, -0.15) is 15.3 Å². The number of nitrogens with two attached hydrogens (primary N) is 1. The molecule has 9 heterocycles. The average Bonchev–Trinajstić information content (AvgIpc) is 1.58. The first-order valence-electron chi connectivity index (χ1n) is 46.0. The van der Waals surface area contributed by atoms with Crippen molar-refractivity contribution < 1.29 is 49.5 Å². The number of carbonyl (C=O) groups excluding carboxylic acids is 2. The quantitative estimate of drug-likeness (QED) is 0.0395. The molecule has 0 unspecified atom stereocenters. The number of ether oxygens (including phenoxy) is 1. The van der Waals surface area contributed by atoms with E-state index in [9.17, 15) is 44.7 Å². The molecule has 0 spiro atoms. The zero-order valence-corrected chi connectivity index (χ0v) is 81.2. The third kappa shape index (κ3) is 20.3. The molecule has 720 valence electrons. The number of aromatic nitrogens is 15. The Morgan fingerprint density at radius 2 is 0.538 bits per heavy atom. The molecule has 33 heteroatoms. The van der Waals surface area contributed by atoms with Gasteiger partial charge in [-0.15, -0.1) is 0 Å². The Bertz CT molecular complexity index is 8230. The zero-order chi connectivity index (χ0) is 100. The van der Waals surface area contributed by atoms with Crippen molar-refractivity contribution in [1.29, 1.82) is 0 Å². The van der Waals surface area contributed by atoms with Gasteiger partial charge in [-0.3, -0.25) is 18.8 Å². The molecule has 0 saturated carbocycles. The Morgan fingerprint density at radius 1 is 0.303 bits per heavy atom. The van der Waals surface area contributed by atoms with Crippen molar-refractivity contribution in [2.75, 3.05) is 21.8 Å². The summed E-state index contributed by atoms with van der Waals surface area (Å²) in [7, 11) is -6.19. The van der Waals surface area contributed by atoms with Gasteiger partial charge in [0.1, 0.15) is 35.5 Å². The first-order valence-corrected chi connectivity index (χ1v) is 50.3. The molecule has 0 aliphatic carbocycles. The summed E-state index contributed by atoms with van der Waals surface area (Å²) in [4.78, 5) is 72.5. The predicted octanol–water partition coefficient (Wildman–Crippen LogP) is 19.4. The van der Waals surface area contributed by atoms with Crippen LogP contribution in [0.25, 0.3) is 101 Å². The molecule has 0 aliphatic heterocycles. The summed E-state index contributed by atoms with van der Waals surface area (Å²) in [5.41, 5.74) is 17.4. The maximum absolute atomic E-state index is 14.9. The van der Waals surface area contributed by atoms with Crippen molar-refractivity contribution in [3.8, 4) is 67.9 Å². The number of aromatic carboxylic acids is 1. The second-order valence-corrected chi connectivity index (χ2v) is 39.6. The minimum absolute atomic E-state index is 0.0515. The fourth-order valence-electron chi connectivity index (χ4n) is 17.6. The first kappa shape index (κ1) is 95.7. The number of esters is 1. The number of primary amides is 1. The predicted molar refractivity (Wildman–Crippen MR) is 558 cm³/mol. The maximum Gasteiger partial charge on any atom is 0.340 e. The van der Waals surface area contributed by atoms with Gasteiger partial charge in [-0.05, 0) is 123 Å². The third-order valence-corrected chi connectivity index (χ3v) is 29.5. The summed E-state index contributed by atoms with van der Waals surface area (Å²) in [6.07, 6.45) is 8.99. The van der Waals surface area contributed by atoms with Crippen LogP contribution in [0, 0.1) is 0 Å². The van der Waals surface area contributed by atoms with Crippen LogP contribution in [0.4, 0.5) is 17.5 Å². The molecule has 0 saturated heterocycles. The van der Waals surface area contributed by atoms with Crippen molar-refractivity contribution in [2.45, 2.75) is 54.0 Å². The normalized spacial score (nSPS) is 11.5. The molecule has 1 amide bonds. The van der Waals surface area contributed by atoms with E-state index in [-0.39, 0.29) is 59.0 Å².